The summed E-state index contributed by atoms with van der Waals surface area (Å²) >= 11 is 0. The molecule has 3 nitrogen and oxygen atoms in total. The molecule has 1 aliphatic heterocycles. The van der Waals surface area contributed by atoms with E-state index < -0.39 is 0 Å². The highest BCUT2D eigenvalue weighted by atomic mass is 19.1. The number of carbonyl (C=O) groups excluding carboxylic acids is 1. The van der Waals surface area contributed by atoms with Crippen molar-refractivity contribution in [2.75, 3.05) is 13.1 Å². The molecular weight excluding hydrogens is 281 g/mol. The number of aldehydes is 1. The number of aryl methyl sites for hydroxylation is 1. The number of carbonyl (C=O) groups is 1. The molecule has 1 N–H and O–H groups in total. The lowest BCUT2D eigenvalue weighted by atomic mass is 10.0. The van der Waals surface area contributed by atoms with Gasteiger partial charge in [-0.05, 0) is 55.3 Å². The third-order valence-electron chi connectivity index (χ3n) is 3.93. The first-order chi connectivity index (χ1) is 10.7. The number of hydrogen-bond donors (Lipinski definition) is 1. The Hall–Kier alpha value is -2.20. The number of ether oxygens (including phenoxy) is 1. The molecule has 1 aliphatic rings. The molecule has 22 heavy (non-hydrogen) atoms. The van der Waals surface area contributed by atoms with Crippen molar-refractivity contribution in [3.63, 3.8) is 0 Å². The summed E-state index contributed by atoms with van der Waals surface area (Å²) in [5.41, 5.74) is 2.61. The summed E-state index contributed by atoms with van der Waals surface area (Å²) in [5.74, 6) is 0.421. The van der Waals surface area contributed by atoms with E-state index in [1.807, 2.05) is 6.07 Å². The zero-order chi connectivity index (χ0) is 15.5. The molecule has 2 aromatic rings. The number of halogens is 1. The van der Waals surface area contributed by atoms with Gasteiger partial charge in [-0.25, -0.2) is 4.39 Å². The number of rotatable bonds is 4. The highest BCUT2D eigenvalue weighted by molar-refractivity contribution is 5.81. The van der Waals surface area contributed by atoms with Gasteiger partial charge in [-0.1, -0.05) is 12.1 Å². The molecule has 0 aromatic heterocycles. The Morgan fingerprint density at radius 2 is 2.14 bits per heavy atom. The largest absolute Gasteiger partial charge is 0.488 e. The van der Waals surface area contributed by atoms with Crippen molar-refractivity contribution in [1.29, 1.82) is 0 Å². The van der Waals surface area contributed by atoms with Crippen LogP contribution in [0.3, 0.4) is 0 Å². The van der Waals surface area contributed by atoms with Gasteiger partial charge in [-0.3, -0.25) is 4.79 Å². The van der Waals surface area contributed by atoms with Gasteiger partial charge < -0.3 is 10.1 Å². The fourth-order valence-corrected chi connectivity index (χ4v) is 2.62. The summed E-state index contributed by atoms with van der Waals surface area (Å²) in [4.78, 5) is 11.0. The van der Waals surface area contributed by atoms with Crippen LogP contribution in [0.2, 0.25) is 0 Å². The average molecular weight is 299 g/mol. The van der Waals surface area contributed by atoms with Crippen LogP contribution in [0.4, 0.5) is 4.39 Å². The van der Waals surface area contributed by atoms with Crippen LogP contribution in [0.1, 0.15) is 22.3 Å². The Morgan fingerprint density at radius 3 is 2.82 bits per heavy atom. The first-order valence-electron chi connectivity index (χ1n) is 7.40. The number of benzene rings is 2. The maximum atomic E-state index is 13.9. The van der Waals surface area contributed by atoms with E-state index in [2.05, 4.69) is 5.32 Å². The van der Waals surface area contributed by atoms with E-state index in [-0.39, 0.29) is 11.9 Å². The van der Waals surface area contributed by atoms with Gasteiger partial charge in [0, 0.05) is 17.7 Å². The molecule has 1 atom stereocenters. The van der Waals surface area contributed by atoms with E-state index in [0.29, 0.717) is 22.4 Å². The van der Waals surface area contributed by atoms with E-state index in [4.69, 9.17) is 4.74 Å². The van der Waals surface area contributed by atoms with Crippen molar-refractivity contribution in [2.24, 2.45) is 0 Å². The van der Waals surface area contributed by atoms with E-state index in [1.165, 1.54) is 6.07 Å². The first kappa shape index (κ1) is 14.7. The predicted molar refractivity (Wildman–Crippen MR) is 83.9 cm³/mol. The molecule has 0 unspecified atom stereocenters. The molecule has 0 spiro atoms. The number of hydrogen-bond acceptors (Lipinski definition) is 3. The van der Waals surface area contributed by atoms with Gasteiger partial charge in [0.1, 0.15) is 24.0 Å². The van der Waals surface area contributed by atoms with Crippen molar-refractivity contribution in [2.45, 2.75) is 19.4 Å². The van der Waals surface area contributed by atoms with Crippen LogP contribution in [-0.4, -0.2) is 25.5 Å². The van der Waals surface area contributed by atoms with Gasteiger partial charge in [0.05, 0.1) is 0 Å². The highest BCUT2D eigenvalue weighted by Gasteiger charge is 2.18. The maximum absolute atomic E-state index is 13.9. The van der Waals surface area contributed by atoms with Crippen molar-refractivity contribution in [3.8, 4) is 16.9 Å². The molecule has 1 heterocycles. The van der Waals surface area contributed by atoms with Gasteiger partial charge in [-0.2, -0.15) is 0 Å². The summed E-state index contributed by atoms with van der Waals surface area (Å²) in [7, 11) is 0. The second-order valence-corrected chi connectivity index (χ2v) is 5.57. The molecule has 4 heteroatoms. The predicted octanol–water partition coefficient (Wildman–Crippen LogP) is 3.35. The van der Waals surface area contributed by atoms with Crippen LogP contribution >= 0.6 is 0 Å². The SMILES string of the molecule is Cc1ccc(-c2cc(C=O)ccc2O[C@H]2CCNC2)cc1F. The van der Waals surface area contributed by atoms with Crippen LogP contribution < -0.4 is 10.1 Å². The molecule has 0 saturated carbocycles. The van der Waals surface area contributed by atoms with Gasteiger partial charge in [0.2, 0.25) is 0 Å². The van der Waals surface area contributed by atoms with Crippen LogP contribution in [0.15, 0.2) is 36.4 Å². The molecule has 0 aliphatic carbocycles. The van der Waals surface area contributed by atoms with Crippen LogP contribution in [0.25, 0.3) is 11.1 Å². The van der Waals surface area contributed by atoms with Crippen LogP contribution in [0.5, 0.6) is 5.75 Å². The highest BCUT2D eigenvalue weighted by Crippen LogP contribution is 2.33. The molecule has 0 radical (unpaired) electrons. The second kappa shape index (κ2) is 6.28. The molecule has 3 rings (SSSR count). The Kier molecular flexibility index (Phi) is 4.20. The topological polar surface area (TPSA) is 38.3 Å². The fourth-order valence-electron chi connectivity index (χ4n) is 2.62. The third kappa shape index (κ3) is 3.02. The maximum Gasteiger partial charge on any atom is 0.150 e. The molecule has 2 aromatic carbocycles. The monoisotopic (exact) mass is 299 g/mol. The van der Waals surface area contributed by atoms with E-state index in [0.717, 1.165) is 31.4 Å². The molecule has 0 amide bonds. The fraction of sp³-hybridized carbons (Fsp3) is 0.278. The zero-order valence-electron chi connectivity index (χ0n) is 12.4. The Bertz CT molecular complexity index is 693. The number of nitrogens with one attached hydrogen (secondary N) is 1. The summed E-state index contributed by atoms with van der Waals surface area (Å²) in [5, 5.41) is 3.25. The minimum atomic E-state index is -0.262. The Labute approximate surface area is 129 Å². The van der Waals surface area contributed by atoms with Crippen molar-refractivity contribution in [1.82, 2.24) is 5.32 Å². The second-order valence-electron chi connectivity index (χ2n) is 5.57. The van der Waals surface area contributed by atoms with Crippen LogP contribution in [0, 0.1) is 12.7 Å². The van der Waals surface area contributed by atoms with Crippen molar-refractivity contribution < 1.29 is 13.9 Å². The minimum Gasteiger partial charge on any atom is -0.488 e. The van der Waals surface area contributed by atoms with Crippen molar-refractivity contribution in [3.05, 3.63) is 53.3 Å². The third-order valence-corrected chi connectivity index (χ3v) is 3.93. The Balaban J connectivity index is 2.01. The summed E-state index contributed by atoms with van der Waals surface area (Å²) in [6.45, 7) is 3.46. The van der Waals surface area contributed by atoms with Gasteiger partial charge in [-0.15, -0.1) is 0 Å². The smallest absolute Gasteiger partial charge is 0.150 e. The molecule has 1 saturated heterocycles. The quantitative estimate of drug-likeness (QED) is 0.880. The van der Waals surface area contributed by atoms with Gasteiger partial charge >= 0.3 is 0 Å². The molecular formula is C18H18FNO2. The Morgan fingerprint density at radius 1 is 1.27 bits per heavy atom. The summed E-state index contributed by atoms with van der Waals surface area (Å²) in [6.07, 6.45) is 1.84. The standard InChI is InChI=1S/C18H18FNO2/c1-12-2-4-14(9-17(12)19)16-8-13(11-21)3-5-18(16)22-15-6-7-20-10-15/h2-5,8-9,11,15,20H,6-7,10H2,1H3/t15-/m0/s1. The zero-order valence-corrected chi connectivity index (χ0v) is 12.4. The lowest BCUT2D eigenvalue weighted by Crippen LogP contribution is -2.19. The van der Waals surface area contributed by atoms with Crippen LogP contribution in [-0.2, 0) is 0 Å². The summed E-state index contributed by atoms with van der Waals surface area (Å²) in [6, 6.07) is 10.3. The van der Waals surface area contributed by atoms with Gasteiger partial charge in [0.15, 0.2) is 0 Å². The molecule has 0 bridgehead atoms. The molecule has 114 valence electrons. The lowest BCUT2D eigenvalue weighted by Gasteiger charge is -2.17. The average Bonchev–Trinajstić information content (AvgIpc) is 3.03. The lowest BCUT2D eigenvalue weighted by molar-refractivity contribution is 0.112. The van der Waals surface area contributed by atoms with E-state index in [1.54, 1.807) is 31.2 Å². The van der Waals surface area contributed by atoms with Gasteiger partial charge in [0.25, 0.3) is 0 Å². The van der Waals surface area contributed by atoms with E-state index >= 15 is 0 Å². The first-order valence-corrected chi connectivity index (χ1v) is 7.40. The normalized spacial score (nSPS) is 17.5. The molecule has 1 fully saturated rings. The summed E-state index contributed by atoms with van der Waals surface area (Å²) < 4.78 is 19.9. The van der Waals surface area contributed by atoms with E-state index in [9.17, 15) is 9.18 Å². The minimum absolute atomic E-state index is 0.108. The van der Waals surface area contributed by atoms with Crippen molar-refractivity contribution >= 4 is 6.29 Å².